The molecule has 0 rings (SSSR count). The van der Waals surface area contributed by atoms with Crippen LogP contribution in [0.5, 0.6) is 0 Å². The van der Waals surface area contributed by atoms with Gasteiger partial charge in [0.05, 0.1) is 31.3 Å². The van der Waals surface area contributed by atoms with Gasteiger partial charge >= 0.3 is 0 Å². The standard InChI is InChI=1S/C62H119NO4/c1-3-5-7-9-11-13-15-17-19-21-23-25-26-27-28-29-30-31-32-33-34-36-37-39-41-43-45-47-49-51-53-55-59(65)57-62(67)63-60(58-64)61(66)56-54-52-50-48-46-44-42-40-38-35-24-22-20-18-16-14-12-10-8-6-4-2/h38,40,46,48,54,56,59-61,64-66H,3-37,39,41-45,47,49-53,55,57-58H2,1-2H3,(H,63,67)/b40-38+,48-46+,56-54+. The number of carbonyl (C=O) groups excluding carboxylic acids is 1. The Morgan fingerprint density at radius 2 is 0.642 bits per heavy atom. The zero-order valence-corrected chi connectivity index (χ0v) is 45.3. The number of aliphatic hydroxyl groups excluding tert-OH is 3. The maximum Gasteiger partial charge on any atom is 0.222 e. The third-order valence-corrected chi connectivity index (χ3v) is 14.2. The van der Waals surface area contributed by atoms with Crippen LogP contribution in [0.4, 0.5) is 0 Å². The molecule has 0 aromatic carbocycles. The lowest BCUT2D eigenvalue weighted by Gasteiger charge is -2.21. The van der Waals surface area contributed by atoms with Gasteiger partial charge < -0.3 is 20.6 Å². The van der Waals surface area contributed by atoms with Crippen LogP contribution >= 0.6 is 0 Å². The van der Waals surface area contributed by atoms with Crippen molar-refractivity contribution in [2.75, 3.05) is 6.61 Å². The zero-order chi connectivity index (χ0) is 48.6. The molecular weight excluding hydrogens is 823 g/mol. The number of carbonyl (C=O) groups is 1. The first-order valence-electron chi connectivity index (χ1n) is 30.3. The number of amides is 1. The normalized spacial score (nSPS) is 13.4. The van der Waals surface area contributed by atoms with Crippen molar-refractivity contribution in [3.8, 4) is 0 Å². The van der Waals surface area contributed by atoms with Gasteiger partial charge in [-0.3, -0.25) is 4.79 Å². The molecule has 3 atom stereocenters. The Labute approximate surface area is 419 Å². The smallest absolute Gasteiger partial charge is 0.222 e. The third-order valence-electron chi connectivity index (χ3n) is 14.2. The Morgan fingerprint density at radius 1 is 0.373 bits per heavy atom. The maximum atomic E-state index is 12.5. The van der Waals surface area contributed by atoms with E-state index in [1.807, 2.05) is 6.08 Å². The van der Waals surface area contributed by atoms with Crippen molar-refractivity contribution in [1.29, 1.82) is 0 Å². The molecule has 0 saturated heterocycles. The van der Waals surface area contributed by atoms with Crippen molar-refractivity contribution >= 4 is 5.91 Å². The van der Waals surface area contributed by atoms with E-state index in [1.165, 1.54) is 263 Å². The number of unbranched alkanes of at least 4 members (excludes halogenated alkanes) is 43. The highest BCUT2D eigenvalue weighted by atomic mass is 16.3. The van der Waals surface area contributed by atoms with E-state index in [9.17, 15) is 20.1 Å². The fourth-order valence-electron chi connectivity index (χ4n) is 9.55. The predicted molar refractivity (Wildman–Crippen MR) is 296 cm³/mol. The molecule has 4 N–H and O–H groups in total. The van der Waals surface area contributed by atoms with Crippen LogP contribution < -0.4 is 5.32 Å². The van der Waals surface area contributed by atoms with E-state index < -0.39 is 18.2 Å². The van der Waals surface area contributed by atoms with E-state index in [4.69, 9.17) is 0 Å². The van der Waals surface area contributed by atoms with Gasteiger partial charge in [0.1, 0.15) is 0 Å². The van der Waals surface area contributed by atoms with Crippen LogP contribution in [0.3, 0.4) is 0 Å². The molecule has 3 unspecified atom stereocenters. The number of hydrogen-bond donors (Lipinski definition) is 4. The minimum atomic E-state index is -0.960. The summed E-state index contributed by atoms with van der Waals surface area (Å²) in [4.78, 5) is 12.5. The number of hydrogen-bond acceptors (Lipinski definition) is 4. The summed E-state index contributed by atoms with van der Waals surface area (Å²) < 4.78 is 0. The highest BCUT2D eigenvalue weighted by Gasteiger charge is 2.20. The molecule has 0 saturated carbocycles. The summed E-state index contributed by atoms with van der Waals surface area (Å²) in [6.07, 6.45) is 75.0. The third kappa shape index (κ3) is 53.8. The van der Waals surface area contributed by atoms with Gasteiger partial charge in [-0.25, -0.2) is 0 Å². The fraction of sp³-hybridized carbons (Fsp3) is 0.887. The van der Waals surface area contributed by atoms with E-state index in [1.54, 1.807) is 6.08 Å². The first kappa shape index (κ1) is 65.6. The van der Waals surface area contributed by atoms with Crippen LogP contribution in [-0.4, -0.2) is 46.1 Å². The average Bonchev–Trinajstić information content (AvgIpc) is 3.32. The van der Waals surface area contributed by atoms with Crippen molar-refractivity contribution in [2.24, 2.45) is 0 Å². The summed E-state index contributed by atoms with van der Waals surface area (Å²) in [5, 5.41) is 33.5. The molecule has 0 aliphatic carbocycles. The largest absolute Gasteiger partial charge is 0.394 e. The summed E-state index contributed by atoms with van der Waals surface area (Å²) >= 11 is 0. The van der Waals surface area contributed by atoms with E-state index in [0.717, 1.165) is 38.5 Å². The Bertz CT molecular complexity index is 1040. The van der Waals surface area contributed by atoms with Crippen LogP contribution in [0.2, 0.25) is 0 Å². The predicted octanol–water partition coefficient (Wildman–Crippen LogP) is 19.0. The first-order chi connectivity index (χ1) is 33.0. The molecule has 0 aromatic heterocycles. The van der Waals surface area contributed by atoms with Crippen LogP contribution in [0, 0.1) is 0 Å². The minimum Gasteiger partial charge on any atom is -0.394 e. The molecule has 0 bridgehead atoms. The average molecular weight is 943 g/mol. The van der Waals surface area contributed by atoms with E-state index in [2.05, 4.69) is 43.5 Å². The zero-order valence-electron chi connectivity index (χ0n) is 45.3. The molecule has 0 aromatic rings. The maximum absolute atomic E-state index is 12.5. The lowest BCUT2D eigenvalue weighted by Crippen LogP contribution is -2.45. The highest BCUT2D eigenvalue weighted by molar-refractivity contribution is 5.76. The SMILES string of the molecule is CCCCCCCCCCCCC/C=C/CC/C=C/CC/C=C/C(O)C(CO)NC(=O)CC(O)CCCCCCCCCCCCCCCCCCCCCCCCCCCCCCCCC. The number of rotatable bonds is 56. The van der Waals surface area contributed by atoms with E-state index >= 15 is 0 Å². The van der Waals surface area contributed by atoms with Crippen LogP contribution in [0.15, 0.2) is 36.5 Å². The van der Waals surface area contributed by atoms with E-state index in [-0.39, 0.29) is 18.9 Å². The Morgan fingerprint density at radius 3 is 0.955 bits per heavy atom. The van der Waals surface area contributed by atoms with Crippen molar-refractivity contribution in [2.45, 2.75) is 347 Å². The van der Waals surface area contributed by atoms with Gasteiger partial charge in [0, 0.05) is 0 Å². The second kappa shape index (κ2) is 57.2. The van der Waals surface area contributed by atoms with Crippen molar-refractivity contribution < 1.29 is 20.1 Å². The lowest BCUT2D eigenvalue weighted by molar-refractivity contribution is -0.124. The molecule has 0 aliphatic heterocycles. The molecule has 0 spiro atoms. The van der Waals surface area contributed by atoms with Gasteiger partial charge in [-0.1, -0.05) is 314 Å². The van der Waals surface area contributed by atoms with Gasteiger partial charge in [-0.15, -0.1) is 0 Å². The fourth-order valence-corrected chi connectivity index (χ4v) is 9.55. The summed E-state index contributed by atoms with van der Waals surface area (Å²) in [6.45, 7) is 4.23. The molecular formula is C62H119NO4. The number of nitrogens with one attached hydrogen (secondary N) is 1. The Hall–Kier alpha value is -1.43. The van der Waals surface area contributed by atoms with Gasteiger partial charge in [0.2, 0.25) is 5.91 Å². The molecule has 0 fully saturated rings. The number of allylic oxidation sites excluding steroid dienone is 5. The van der Waals surface area contributed by atoms with Crippen molar-refractivity contribution in [3.63, 3.8) is 0 Å². The monoisotopic (exact) mass is 942 g/mol. The lowest BCUT2D eigenvalue weighted by atomic mass is 10.0. The summed E-state index contributed by atoms with van der Waals surface area (Å²) in [7, 11) is 0. The highest BCUT2D eigenvalue weighted by Crippen LogP contribution is 2.18. The molecule has 0 radical (unpaired) electrons. The van der Waals surface area contributed by atoms with E-state index in [0.29, 0.717) is 6.42 Å². The summed E-state index contributed by atoms with van der Waals surface area (Å²) in [6, 6.07) is -0.767. The molecule has 0 aliphatic rings. The Kier molecular flexibility index (Phi) is 55.9. The van der Waals surface area contributed by atoms with Crippen molar-refractivity contribution in [1.82, 2.24) is 5.32 Å². The van der Waals surface area contributed by atoms with Crippen LogP contribution in [0.25, 0.3) is 0 Å². The molecule has 67 heavy (non-hydrogen) atoms. The second-order valence-electron chi connectivity index (χ2n) is 21.0. The number of aliphatic hydroxyl groups is 3. The minimum absolute atomic E-state index is 0.00582. The van der Waals surface area contributed by atoms with Crippen LogP contribution in [-0.2, 0) is 4.79 Å². The molecule has 5 heteroatoms. The van der Waals surface area contributed by atoms with Crippen LogP contribution in [0.1, 0.15) is 328 Å². The summed E-state index contributed by atoms with van der Waals surface area (Å²) in [5.74, 6) is -0.324. The quantitative estimate of drug-likeness (QED) is 0.0361. The molecule has 396 valence electrons. The molecule has 5 nitrogen and oxygen atoms in total. The Balaban J connectivity index is 3.54. The topological polar surface area (TPSA) is 89.8 Å². The van der Waals surface area contributed by atoms with Gasteiger partial charge in [0.25, 0.3) is 0 Å². The summed E-state index contributed by atoms with van der Waals surface area (Å²) in [5.41, 5.74) is 0. The van der Waals surface area contributed by atoms with Gasteiger partial charge in [-0.05, 0) is 44.9 Å². The molecule has 1 amide bonds. The van der Waals surface area contributed by atoms with Crippen molar-refractivity contribution in [3.05, 3.63) is 36.5 Å². The first-order valence-corrected chi connectivity index (χ1v) is 30.3. The van der Waals surface area contributed by atoms with Gasteiger partial charge in [0.15, 0.2) is 0 Å². The second-order valence-corrected chi connectivity index (χ2v) is 21.0. The van der Waals surface area contributed by atoms with Gasteiger partial charge in [-0.2, -0.15) is 0 Å². The molecule has 0 heterocycles.